The van der Waals surface area contributed by atoms with Crippen molar-refractivity contribution in [2.24, 2.45) is 0 Å². The largest absolute Gasteiger partial charge is 0.493 e. The number of aryl methyl sites for hydroxylation is 1. The molecular weight excluding hydrogens is 373 g/mol. The van der Waals surface area contributed by atoms with Crippen LogP contribution in [-0.2, 0) is 16.0 Å². The molecule has 2 aromatic carbocycles. The zero-order valence-corrected chi connectivity index (χ0v) is 16.4. The molecule has 0 saturated heterocycles. The van der Waals surface area contributed by atoms with E-state index in [2.05, 4.69) is 4.98 Å². The number of hydrogen-bond acceptors (Lipinski definition) is 5. The van der Waals surface area contributed by atoms with Crippen molar-refractivity contribution in [3.05, 3.63) is 77.4 Å². The fourth-order valence-electron chi connectivity index (χ4n) is 2.71. The Morgan fingerprint density at radius 2 is 2.00 bits per heavy atom. The molecule has 0 unspecified atom stereocenters. The van der Waals surface area contributed by atoms with Gasteiger partial charge < -0.3 is 13.9 Å². The average Bonchev–Trinajstić information content (AvgIpc) is 3.09. The SMILES string of the molecule is CCOC(=O)C=Cc1ccc(OCCc2nc(-c3ccccc3)oc2C)cc1F. The maximum Gasteiger partial charge on any atom is 0.330 e. The molecule has 0 spiro atoms. The number of ether oxygens (including phenoxy) is 2. The van der Waals surface area contributed by atoms with Crippen LogP contribution in [0.5, 0.6) is 5.75 Å². The topological polar surface area (TPSA) is 61.6 Å². The van der Waals surface area contributed by atoms with Crippen LogP contribution in [0.2, 0.25) is 0 Å². The second kappa shape index (κ2) is 9.68. The maximum atomic E-state index is 14.2. The summed E-state index contributed by atoms with van der Waals surface area (Å²) in [7, 11) is 0. The summed E-state index contributed by atoms with van der Waals surface area (Å²) in [4.78, 5) is 15.8. The molecule has 0 bridgehead atoms. The molecule has 6 heteroatoms. The molecule has 0 atom stereocenters. The van der Waals surface area contributed by atoms with Gasteiger partial charge in [-0.25, -0.2) is 14.2 Å². The predicted molar refractivity (Wildman–Crippen MR) is 108 cm³/mol. The van der Waals surface area contributed by atoms with E-state index in [1.165, 1.54) is 18.2 Å². The highest BCUT2D eigenvalue weighted by molar-refractivity contribution is 5.87. The molecule has 1 aromatic heterocycles. The summed E-state index contributed by atoms with van der Waals surface area (Å²) in [6, 6.07) is 14.2. The zero-order valence-electron chi connectivity index (χ0n) is 16.4. The number of hydrogen-bond donors (Lipinski definition) is 0. The summed E-state index contributed by atoms with van der Waals surface area (Å²) < 4.78 is 30.3. The molecule has 0 N–H and O–H groups in total. The molecule has 150 valence electrons. The lowest BCUT2D eigenvalue weighted by atomic mass is 10.2. The number of nitrogens with zero attached hydrogens (tertiary/aromatic N) is 1. The molecule has 0 amide bonds. The minimum absolute atomic E-state index is 0.274. The first-order valence-corrected chi connectivity index (χ1v) is 9.35. The van der Waals surface area contributed by atoms with Crippen molar-refractivity contribution in [1.82, 2.24) is 4.98 Å². The molecule has 1 heterocycles. The van der Waals surface area contributed by atoms with Crippen LogP contribution in [0, 0.1) is 12.7 Å². The Morgan fingerprint density at radius 1 is 1.21 bits per heavy atom. The van der Waals surface area contributed by atoms with Gasteiger partial charge in [0.25, 0.3) is 0 Å². The maximum absolute atomic E-state index is 14.2. The van der Waals surface area contributed by atoms with E-state index in [0.29, 0.717) is 24.7 Å². The molecule has 0 aliphatic carbocycles. The van der Waals surface area contributed by atoms with Crippen LogP contribution in [0.1, 0.15) is 23.9 Å². The third-order valence-corrected chi connectivity index (χ3v) is 4.18. The second-order valence-corrected chi connectivity index (χ2v) is 6.26. The highest BCUT2D eigenvalue weighted by Gasteiger charge is 2.11. The van der Waals surface area contributed by atoms with Crippen LogP contribution in [0.15, 0.2) is 59.0 Å². The summed E-state index contributed by atoms with van der Waals surface area (Å²) >= 11 is 0. The van der Waals surface area contributed by atoms with E-state index in [0.717, 1.165) is 17.0 Å². The zero-order chi connectivity index (χ0) is 20.6. The fourth-order valence-corrected chi connectivity index (χ4v) is 2.71. The monoisotopic (exact) mass is 395 g/mol. The average molecular weight is 395 g/mol. The van der Waals surface area contributed by atoms with Crippen LogP contribution in [0.25, 0.3) is 17.5 Å². The van der Waals surface area contributed by atoms with Crippen molar-refractivity contribution >= 4 is 12.0 Å². The molecule has 5 nitrogen and oxygen atoms in total. The van der Waals surface area contributed by atoms with Gasteiger partial charge >= 0.3 is 5.97 Å². The lowest BCUT2D eigenvalue weighted by molar-refractivity contribution is -0.137. The number of aromatic nitrogens is 1. The summed E-state index contributed by atoms with van der Waals surface area (Å²) in [5.74, 6) is 0.720. The molecule has 3 aromatic rings. The van der Waals surface area contributed by atoms with E-state index in [4.69, 9.17) is 13.9 Å². The van der Waals surface area contributed by atoms with Crippen molar-refractivity contribution in [2.45, 2.75) is 20.3 Å². The molecule has 0 fully saturated rings. The van der Waals surface area contributed by atoms with E-state index in [9.17, 15) is 9.18 Å². The third kappa shape index (κ3) is 5.54. The van der Waals surface area contributed by atoms with Gasteiger partial charge in [-0.05, 0) is 44.2 Å². The summed E-state index contributed by atoms with van der Waals surface area (Å²) in [5, 5.41) is 0. The van der Waals surface area contributed by atoms with Crippen molar-refractivity contribution in [3.8, 4) is 17.2 Å². The Balaban J connectivity index is 1.58. The Hall–Kier alpha value is -3.41. The van der Waals surface area contributed by atoms with Crippen molar-refractivity contribution < 1.29 is 23.1 Å². The Kier molecular flexibility index (Phi) is 6.79. The molecule has 0 radical (unpaired) electrons. The normalized spacial score (nSPS) is 11.0. The number of carbonyl (C=O) groups is 1. The lowest BCUT2D eigenvalue weighted by Crippen LogP contribution is -2.03. The number of halogens is 1. The summed E-state index contributed by atoms with van der Waals surface area (Å²) in [6.07, 6.45) is 3.11. The van der Waals surface area contributed by atoms with Gasteiger partial charge in [-0.2, -0.15) is 0 Å². The number of esters is 1. The first-order valence-electron chi connectivity index (χ1n) is 9.35. The van der Waals surface area contributed by atoms with Gasteiger partial charge in [0.05, 0.1) is 18.9 Å². The Morgan fingerprint density at radius 3 is 2.72 bits per heavy atom. The van der Waals surface area contributed by atoms with E-state index >= 15 is 0 Å². The number of carbonyl (C=O) groups excluding carboxylic acids is 1. The third-order valence-electron chi connectivity index (χ3n) is 4.18. The number of benzene rings is 2. The van der Waals surface area contributed by atoms with Gasteiger partial charge in [0.1, 0.15) is 17.3 Å². The molecule has 29 heavy (non-hydrogen) atoms. The van der Waals surface area contributed by atoms with Crippen LogP contribution in [0.4, 0.5) is 4.39 Å². The number of rotatable bonds is 8. The molecule has 0 saturated carbocycles. The lowest BCUT2D eigenvalue weighted by Gasteiger charge is -2.06. The van der Waals surface area contributed by atoms with Gasteiger partial charge in [-0.1, -0.05) is 18.2 Å². The van der Waals surface area contributed by atoms with Gasteiger partial charge in [-0.15, -0.1) is 0 Å². The highest BCUT2D eigenvalue weighted by atomic mass is 19.1. The van der Waals surface area contributed by atoms with Crippen LogP contribution >= 0.6 is 0 Å². The van der Waals surface area contributed by atoms with Gasteiger partial charge in [-0.3, -0.25) is 0 Å². The number of oxazole rings is 1. The van der Waals surface area contributed by atoms with E-state index < -0.39 is 11.8 Å². The molecule has 0 aliphatic heterocycles. The Bertz CT molecular complexity index is 995. The molecular formula is C23H22FNO4. The summed E-state index contributed by atoms with van der Waals surface area (Å²) in [6.45, 7) is 4.18. The van der Waals surface area contributed by atoms with Gasteiger partial charge in [0.2, 0.25) is 5.89 Å². The van der Waals surface area contributed by atoms with E-state index in [1.54, 1.807) is 19.1 Å². The second-order valence-electron chi connectivity index (χ2n) is 6.26. The quantitative estimate of drug-likeness (QED) is 0.397. The van der Waals surface area contributed by atoms with Crippen LogP contribution < -0.4 is 4.74 Å². The van der Waals surface area contributed by atoms with E-state index in [1.807, 2.05) is 37.3 Å². The van der Waals surface area contributed by atoms with E-state index in [-0.39, 0.29) is 12.2 Å². The first kappa shape index (κ1) is 20.3. The first-order chi connectivity index (χ1) is 14.1. The van der Waals surface area contributed by atoms with Gasteiger partial charge in [0, 0.05) is 29.7 Å². The van der Waals surface area contributed by atoms with Crippen LogP contribution in [-0.4, -0.2) is 24.2 Å². The smallest absolute Gasteiger partial charge is 0.330 e. The van der Waals surface area contributed by atoms with Gasteiger partial charge in [0.15, 0.2) is 0 Å². The molecule has 3 rings (SSSR count). The summed E-state index contributed by atoms with van der Waals surface area (Å²) in [5.41, 5.74) is 2.00. The highest BCUT2D eigenvalue weighted by Crippen LogP contribution is 2.22. The Labute approximate surface area is 168 Å². The van der Waals surface area contributed by atoms with Crippen LogP contribution in [0.3, 0.4) is 0 Å². The van der Waals surface area contributed by atoms with Crippen molar-refractivity contribution in [2.75, 3.05) is 13.2 Å². The minimum Gasteiger partial charge on any atom is -0.493 e. The minimum atomic E-state index is -0.509. The van der Waals surface area contributed by atoms with Crippen molar-refractivity contribution in [1.29, 1.82) is 0 Å². The molecule has 0 aliphatic rings. The predicted octanol–water partition coefficient (Wildman–Crippen LogP) is 4.99. The standard InChI is InChI=1S/C23H22FNO4/c1-3-27-22(26)12-10-17-9-11-19(15-20(17)24)28-14-13-21-16(2)29-23(25-21)18-7-5-4-6-8-18/h4-12,15H,3,13-14H2,1-2H3. The fraction of sp³-hybridized carbons (Fsp3) is 0.217. The van der Waals surface area contributed by atoms with Crippen molar-refractivity contribution in [3.63, 3.8) is 0 Å².